The quantitative estimate of drug-likeness (QED) is 0.351. The Balaban J connectivity index is 2.00. The van der Waals surface area contributed by atoms with E-state index < -0.39 is 10.1 Å². The predicted molar refractivity (Wildman–Crippen MR) is 89.9 cm³/mol. The average Bonchev–Trinajstić information content (AvgIpc) is 2.53. The lowest BCUT2D eigenvalue weighted by Gasteiger charge is -2.03. The van der Waals surface area contributed by atoms with Crippen molar-refractivity contribution in [2.45, 2.75) is 19.9 Å². The number of aromatic nitrogens is 1. The summed E-state index contributed by atoms with van der Waals surface area (Å²) in [6.45, 7) is 2.40. The molecule has 2 N–H and O–H groups in total. The fourth-order valence-corrected chi connectivity index (χ4v) is 2.52. The van der Waals surface area contributed by atoms with Crippen molar-refractivity contribution in [2.75, 3.05) is 11.2 Å². The Kier molecular flexibility index (Phi) is 5.84. The Morgan fingerprint density at radius 1 is 1.22 bits per heavy atom. The molecule has 122 valence electrons. The van der Waals surface area contributed by atoms with Crippen LogP contribution < -0.4 is 9.99 Å². The number of hydrogen-bond donors (Lipinski definition) is 2. The molecular weight excluding hydrogens is 314 g/mol. The molecule has 6 nitrogen and oxygen atoms in total. The summed E-state index contributed by atoms with van der Waals surface area (Å²) in [4.78, 5) is 0. The topological polar surface area (TPSA) is 82.6 Å². The Bertz CT molecular complexity index is 774. The van der Waals surface area contributed by atoms with Crippen molar-refractivity contribution in [2.24, 2.45) is 5.10 Å². The van der Waals surface area contributed by atoms with Crippen LogP contribution in [-0.2, 0) is 16.7 Å². The van der Waals surface area contributed by atoms with Gasteiger partial charge in [-0.15, -0.1) is 0 Å². The zero-order valence-corrected chi connectivity index (χ0v) is 13.7. The number of benzene rings is 1. The maximum absolute atomic E-state index is 10.7. The number of para-hydroxylation sites is 1. The van der Waals surface area contributed by atoms with Crippen molar-refractivity contribution in [3.05, 3.63) is 60.4 Å². The van der Waals surface area contributed by atoms with Crippen molar-refractivity contribution >= 4 is 21.5 Å². The van der Waals surface area contributed by atoms with Crippen LogP contribution in [0.2, 0.25) is 0 Å². The molecule has 0 aliphatic rings. The number of hydrogen-bond acceptors (Lipinski definition) is 4. The summed E-state index contributed by atoms with van der Waals surface area (Å²) >= 11 is 0. The molecule has 1 aromatic heterocycles. The van der Waals surface area contributed by atoms with E-state index in [-0.39, 0.29) is 5.75 Å². The first kappa shape index (κ1) is 17.1. The van der Waals surface area contributed by atoms with Crippen molar-refractivity contribution in [3.8, 4) is 0 Å². The molecule has 0 aliphatic carbocycles. The van der Waals surface area contributed by atoms with E-state index in [4.69, 9.17) is 4.55 Å². The lowest BCUT2D eigenvalue weighted by atomic mass is 10.2. The molecule has 0 saturated carbocycles. The Morgan fingerprint density at radius 2 is 1.96 bits per heavy atom. The summed E-state index contributed by atoms with van der Waals surface area (Å²) < 4.78 is 32.1. The second-order valence-corrected chi connectivity index (χ2v) is 6.72. The highest BCUT2D eigenvalue weighted by atomic mass is 32.2. The third kappa shape index (κ3) is 6.17. The van der Waals surface area contributed by atoms with Crippen molar-refractivity contribution in [1.82, 2.24) is 0 Å². The molecule has 1 heterocycles. The Morgan fingerprint density at radius 3 is 2.65 bits per heavy atom. The van der Waals surface area contributed by atoms with E-state index in [1.165, 1.54) is 0 Å². The standard InChI is InChI=1S/C16H19N3O3S/c1-14(17-18-16-8-3-2-4-9-16)15-7-5-10-19(13-15)11-6-12-23(20,21)22/h2-5,7-10,13,18H,6,11-12H2,1H3/p+1. The number of hydrazone groups is 1. The van der Waals surface area contributed by atoms with Gasteiger partial charge in [0, 0.05) is 12.5 Å². The van der Waals surface area contributed by atoms with Crippen molar-refractivity contribution in [3.63, 3.8) is 0 Å². The van der Waals surface area contributed by atoms with Gasteiger partial charge in [0.15, 0.2) is 12.4 Å². The van der Waals surface area contributed by atoms with Gasteiger partial charge in [-0.25, -0.2) is 4.57 Å². The Labute approximate surface area is 136 Å². The van der Waals surface area contributed by atoms with Gasteiger partial charge in [-0.05, 0) is 25.1 Å². The SMILES string of the molecule is CC(=NNc1ccccc1)c1ccc[n+](CCCS(=O)(=O)O)c1. The largest absolute Gasteiger partial charge is 0.286 e. The predicted octanol–water partition coefficient (Wildman–Crippen LogP) is 2.09. The van der Waals surface area contributed by atoms with Gasteiger partial charge in [-0.1, -0.05) is 18.2 Å². The number of pyridine rings is 1. The lowest BCUT2D eigenvalue weighted by Crippen LogP contribution is -2.34. The van der Waals surface area contributed by atoms with Gasteiger partial charge in [0.25, 0.3) is 10.1 Å². The van der Waals surface area contributed by atoms with Crippen LogP contribution in [0.25, 0.3) is 0 Å². The van der Waals surface area contributed by atoms with Crippen LogP contribution in [0.1, 0.15) is 18.9 Å². The van der Waals surface area contributed by atoms with Gasteiger partial charge < -0.3 is 0 Å². The van der Waals surface area contributed by atoms with Crippen LogP contribution in [0.3, 0.4) is 0 Å². The smallest absolute Gasteiger partial charge is 0.265 e. The van der Waals surface area contributed by atoms with Crippen molar-refractivity contribution in [1.29, 1.82) is 0 Å². The summed E-state index contributed by atoms with van der Waals surface area (Å²) in [5.74, 6) is -0.243. The molecule has 0 spiro atoms. The first-order chi connectivity index (χ1) is 10.9. The first-order valence-electron chi connectivity index (χ1n) is 7.24. The molecule has 0 atom stereocenters. The highest BCUT2D eigenvalue weighted by Crippen LogP contribution is 2.06. The molecule has 0 aliphatic heterocycles. The molecule has 1 aromatic carbocycles. The van der Waals surface area contributed by atoms with E-state index in [0.717, 1.165) is 17.0 Å². The average molecular weight is 334 g/mol. The molecule has 0 saturated heterocycles. The van der Waals surface area contributed by atoms with Gasteiger partial charge in [0.1, 0.15) is 6.54 Å². The summed E-state index contributed by atoms with van der Waals surface area (Å²) in [5.41, 5.74) is 5.65. The van der Waals surface area contributed by atoms with Crippen LogP contribution in [0.5, 0.6) is 0 Å². The number of aryl methyl sites for hydroxylation is 1. The van der Waals surface area contributed by atoms with Gasteiger partial charge in [0.2, 0.25) is 0 Å². The maximum Gasteiger partial charge on any atom is 0.265 e. The van der Waals surface area contributed by atoms with E-state index in [2.05, 4.69) is 10.5 Å². The summed E-state index contributed by atoms with van der Waals surface area (Å²) in [5, 5.41) is 4.34. The number of anilines is 1. The van der Waals surface area contributed by atoms with Gasteiger partial charge in [-0.3, -0.25) is 9.98 Å². The van der Waals surface area contributed by atoms with Crippen LogP contribution >= 0.6 is 0 Å². The van der Waals surface area contributed by atoms with Gasteiger partial charge >= 0.3 is 0 Å². The molecule has 7 heteroatoms. The normalized spacial score (nSPS) is 12.2. The second-order valence-electron chi connectivity index (χ2n) is 5.15. The van der Waals surface area contributed by atoms with E-state index in [1.54, 1.807) is 0 Å². The molecule has 0 radical (unpaired) electrons. The maximum atomic E-state index is 10.7. The zero-order chi connectivity index (χ0) is 16.7. The Hall–Kier alpha value is -2.25. The molecule has 0 bridgehead atoms. The third-order valence-corrected chi connectivity index (χ3v) is 4.03. The minimum Gasteiger partial charge on any atom is -0.286 e. The molecular formula is C16H20N3O3S+. The highest BCUT2D eigenvalue weighted by Gasteiger charge is 2.09. The number of nitrogens with one attached hydrogen (secondary N) is 1. The second kappa shape index (κ2) is 7.85. The third-order valence-electron chi connectivity index (χ3n) is 3.22. The van der Waals surface area contributed by atoms with E-state index in [0.29, 0.717) is 13.0 Å². The number of nitrogens with zero attached hydrogens (tertiary/aromatic N) is 2. The van der Waals surface area contributed by atoms with E-state index in [1.807, 2.05) is 66.3 Å². The first-order valence-corrected chi connectivity index (χ1v) is 8.85. The van der Waals surface area contributed by atoms with Crippen LogP contribution in [0.15, 0.2) is 60.0 Å². The highest BCUT2D eigenvalue weighted by molar-refractivity contribution is 7.85. The summed E-state index contributed by atoms with van der Waals surface area (Å²) in [6, 6.07) is 13.5. The molecule has 23 heavy (non-hydrogen) atoms. The van der Waals surface area contributed by atoms with Crippen LogP contribution in [0.4, 0.5) is 5.69 Å². The van der Waals surface area contributed by atoms with Gasteiger partial charge in [-0.2, -0.15) is 13.5 Å². The summed E-state index contributed by atoms with van der Waals surface area (Å²) in [6.07, 6.45) is 4.10. The zero-order valence-electron chi connectivity index (χ0n) is 12.9. The molecule has 0 fully saturated rings. The van der Waals surface area contributed by atoms with Crippen LogP contribution in [-0.4, -0.2) is 24.4 Å². The minimum atomic E-state index is -3.91. The number of rotatable bonds is 7. The van der Waals surface area contributed by atoms with Gasteiger partial charge in [0.05, 0.1) is 22.7 Å². The van der Waals surface area contributed by atoms with E-state index >= 15 is 0 Å². The monoisotopic (exact) mass is 334 g/mol. The fraction of sp³-hybridized carbons (Fsp3) is 0.250. The fourth-order valence-electron chi connectivity index (χ4n) is 2.03. The molecule has 0 unspecified atom stereocenters. The molecule has 0 amide bonds. The minimum absolute atomic E-state index is 0.243. The lowest BCUT2D eigenvalue weighted by molar-refractivity contribution is -0.696. The molecule has 2 aromatic rings. The van der Waals surface area contributed by atoms with Crippen LogP contribution in [0, 0.1) is 0 Å². The van der Waals surface area contributed by atoms with E-state index in [9.17, 15) is 8.42 Å². The summed E-state index contributed by atoms with van der Waals surface area (Å²) in [7, 11) is -3.91. The molecule has 2 rings (SSSR count). The van der Waals surface area contributed by atoms with Crippen molar-refractivity contribution < 1.29 is 17.5 Å².